The molecule has 12 heavy (non-hydrogen) atoms. The zero-order chi connectivity index (χ0) is 9.14. The third-order valence-electron chi connectivity index (χ3n) is 1.39. The van der Waals surface area contributed by atoms with Gasteiger partial charge in [0.1, 0.15) is 5.75 Å². The van der Waals surface area contributed by atoms with Crippen molar-refractivity contribution in [3.63, 3.8) is 0 Å². The van der Waals surface area contributed by atoms with Crippen molar-refractivity contribution >= 4 is 5.91 Å². The minimum Gasteiger partial charge on any atom is -0.507 e. The molecule has 0 unspecified atom stereocenters. The van der Waals surface area contributed by atoms with Crippen molar-refractivity contribution in [2.24, 2.45) is 5.73 Å². The van der Waals surface area contributed by atoms with Crippen molar-refractivity contribution in [1.82, 2.24) is 0 Å². The maximum atomic E-state index is 10.6. The Morgan fingerprint density at radius 3 is 2.67 bits per heavy atom. The van der Waals surface area contributed by atoms with Gasteiger partial charge in [0, 0.05) is 0 Å². The average molecular weight is 162 g/mol. The van der Waals surface area contributed by atoms with Crippen molar-refractivity contribution < 1.29 is 9.90 Å². The summed E-state index contributed by atoms with van der Waals surface area (Å²) >= 11 is 0. The lowest BCUT2D eigenvalue weighted by Crippen LogP contribution is -2.10. The van der Waals surface area contributed by atoms with E-state index in [4.69, 9.17) is 16.1 Å². The molecule has 3 N–H and O–H groups in total. The number of nitrogens with two attached hydrogens (primary N) is 1. The van der Waals surface area contributed by atoms with E-state index in [9.17, 15) is 4.79 Å². The first-order valence-corrected chi connectivity index (χ1v) is 3.18. The maximum Gasteiger partial charge on any atom is 0.252 e. The quantitative estimate of drug-likeness (QED) is 0.625. The van der Waals surface area contributed by atoms with Crippen LogP contribution in [-0.2, 0) is 0 Å². The predicted octanol–water partition coefficient (Wildman–Crippen LogP) is 0.363. The van der Waals surface area contributed by atoms with Gasteiger partial charge in [-0.05, 0) is 18.2 Å². The molecule has 0 atom stereocenters. The SMILES string of the molecule is N#Cc1ccc(C(N)=O)c(O)c1. The van der Waals surface area contributed by atoms with Gasteiger partial charge < -0.3 is 10.8 Å². The number of nitrogens with zero attached hydrogens (tertiary/aromatic N) is 1. The van der Waals surface area contributed by atoms with Gasteiger partial charge in [-0.15, -0.1) is 0 Å². The van der Waals surface area contributed by atoms with Gasteiger partial charge in [0.2, 0.25) is 0 Å². The predicted molar refractivity (Wildman–Crippen MR) is 41.3 cm³/mol. The summed E-state index contributed by atoms with van der Waals surface area (Å²) in [5, 5.41) is 17.6. The first-order valence-electron chi connectivity index (χ1n) is 3.18. The molecule has 0 aliphatic rings. The fourth-order valence-corrected chi connectivity index (χ4v) is 0.810. The number of nitriles is 1. The van der Waals surface area contributed by atoms with Gasteiger partial charge in [-0.25, -0.2) is 0 Å². The van der Waals surface area contributed by atoms with E-state index in [1.54, 1.807) is 0 Å². The van der Waals surface area contributed by atoms with E-state index >= 15 is 0 Å². The van der Waals surface area contributed by atoms with E-state index in [2.05, 4.69) is 0 Å². The van der Waals surface area contributed by atoms with Crippen molar-refractivity contribution in [2.45, 2.75) is 0 Å². The number of hydrogen-bond acceptors (Lipinski definition) is 3. The number of amides is 1. The summed E-state index contributed by atoms with van der Waals surface area (Å²) < 4.78 is 0. The molecule has 0 spiro atoms. The highest BCUT2D eigenvalue weighted by Gasteiger charge is 2.06. The monoisotopic (exact) mass is 162 g/mol. The van der Waals surface area contributed by atoms with Crippen LogP contribution in [0.4, 0.5) is 0 Å². The fraction of sp³-hybridized carbons (Fsp3) is 0. The molecule has 0 fully saturated rings. The minimum absolute atomic E-state index is 0.0222. The molecule has 0 saturated carbocycles. The zero-order valence-electron chi connectivity index (χ0n) is 6.11. The highest BCUT2D eigenvalue weighted by molar-refractivity contribution is 5.95. The Bertz CT molecular complexity index is 366. The van der Waals surface area contributed by atoms with Crippen molar-refractivity contribution in [3.8, 4) is 11.8 Å². The number of aromatic hydroxyl groups is 1. The topological polar surface area (TPSA) is 87.1 Å². The molecule has 0 bridgehead atoms. The molecule has 0 aliphatic heterocycles. The van der Waals surface area contributed by atoms with E-state index in [1.165, 1.54) is 18.2 Å². The summed E-state index contributed by atoms with van der Waals surface area (Å²) in [6, 6.07) is 5.75. The molecule has 1 rings (SSSR count). The Balaban J connectivity index is 3.23. The molecule has 0 aliphatic carbocycles. The number of carbonyl (C=O) groups is 1. The first-order chi connectivity index (χ1) is 5.65. The molecular weight excluding hydrogens is 156 g/mol. The number of hydrogen-bond donors (Lipinski definition) is 2. The second-order valence-corrected chi connectivity index (χ2v) is 2.21. The van der Waals surface area contributed by atoms with Crippen LogP contribution in [-0.4, -0.2) is 11.0 Å². The Morgan fingerprint density at radius 2 is 2.25 bits per heavy atom. The first kappa shape index (κ1) is 8.08. The third kappa shape index (κ3) is 1.35. The van der Waals surface area contributed by atoms with Crippen molar-refractivity contribution in [3.05, 3.63) is 29.3 Å². The lowest BCUT2D eigenvalue weighted by molar-refractivity contribution is 0.0998. The van der Waals surface area contributed by atoms with Crippen LogP contribution in [0, 0.1) is 11.3 Å². The summed E-state index contributed by atoms with van der Waals surface area (Å²) in [5.74, 6) is -0.974. The number of benzene rings is 1. The largest absolute Gasteiger partial charge is 0.507 e. The lowest BCUT2D eigenvalue weighted by atomic mass is 10.1. The van der Waals surface area contributed by atoms with E-state index in [1.807, 2.05) is 6.07 Å². The van der Waals surface area contributed by atoms with Crippen LogP contribution in [0.3, 0.4) is 0 Å². The van der Waals surface area contributed by atoms with E-state index in [-0.39, 0.29) is 16.9 Å². The van der Waals surface area contributed by atoms with Crippen LogP contribution < -0.4 is 5.73 Å². The van der Waals surface area contributed by atoms with Gasteiger partial charge in [0.25, 0.3) is 5.91 Å². The summed E-state index contributed by atoms with van der Waals surface area (Å²) in [4.78, 5) is 10.6. The van der Waals surface area contributed by atoms with Crippen LogP contribution in [0.2, 0.25) is 0 Å². The molecule has 60 valence electrons. The number of carbonyl (C=O) groups excluding carboxylic acids is 1. The average Bonchev–Trinajstić information content (AvgIpc) is 2.03. The van der Waals surface area contributed by atoms with Crippen LogP contribution in [0.5, 0.6) is 5.75 Å². The van der Waals surface area contributed by atoms with Crippen LogP contribution in [0.15, 0.2) is 18.2 Å². The molecular formula is C8H6N2O2. The highest BCUT2D eigenvalue weighted by Crippen LogP contribution is 2.17. The van der Waals surface area contributed by atoms with E-state index in [0.717, 1.165) is 0 Å². The van der Waals surface area contributed by atoms with Crippen LogP contribution >= 0.6 is 0 Å². The Labute approximate surface area is 68.8 Å². The number of rotatable bonds is 1. The highest BCUT2D eigenvalue weighted by atomic mass is 16.3. The molecule has 1 aromatic rings. The van der Waals surface area contributed by atoms with Gasteiger partial charge in [0.05, 0.1) is 17.2 Å². The van der Waals surface area contributed by atoms with Gasteiger partial charge in [-0.3, -0.25) is 4.79 Å². The molecule has 4 heteroatoms. The molecule has 0 heterocycles. The summed E-state index contributed by atoms with van der Waals surface area (Å²) in [6.45, 7) is 0. The molecule has 0 aromatic heterocycles. The lowest BCUT2D eigenvalue weighted by Gasteiger charge is -1.98. The second-order valence-electron chi connectivity index (χ2n) is 2.21. The molecule has 4 nitrogen and oxygen atoms in total. The maximum absolute atomic E-state index is 10.6. The standard InChI is InChI=1S/C8H6N2O2/c9-4-5-1-2-6(8(10)12)7(11)3-5/h1-3,11H,(H2,10,12). The zero-order valence-corrected chi connectivity index (χ0v) is 6.11. The summed E-state index contributed by atoms with van der Waals surface area (Å²) in [6.07, 6.45) is 0. The Kier molecular flexibility index (Phi) is 1.97. The van der Waals surface area contributed by atoms with Gasteiger partial charge in [0.15, 0.2) is 0 Å². The number of phenols is 1. The minimum atomic E-state index is -0.711. The summed E-state index contributed by atoms with van der Waals surface area (Å²) in [5.41, 5.74) is 5.24. The second kappa shape index (κ2) is 2.93. The summed E-state index contributed by atoms with van der Waals surface area (Å²) in [7, 11) is 0. The molecule has 1 aromatic carbocycles. The number of primary amides is 1. The van der Waals surface area contributed by atoms with E-state index < -0.39 is 5.91 Å². The Morgan fingerprint density at radius 1 is 1.58 bits per heavy atom. The molecule has 0 radical (unpaired) electrons. The smallest absolute Gasteiger partial charge is 0.252 e. The van der Waals surface area contributed by atoms with Crippen LogP contribution in [0.1, 0.15) is 15.9 Å². The van der Waals surface area contributed by atoms with Gasteiger partial charge in [-0.1, -0.05) is 0 Å². The molecule has 0 saturated heterocycles. The Hall–Kier alpha value is -2.02. The fourth-order valence-electron chi connectivity index (χ4n) is 0.810. The van der Waals surface area contributed by atoms with Gasteiger partial charge in [-0.2, -0.15) is 5.26 Å². The third-order valence-corrected chi connectivity index (χ3v) is 1.39. The van der Waals surface area contributed by atoms with Gasteiger partial charge >= 0.3 is 0 Å². The van der Waals surface area contributed by atoms with E-state index in [0.29, 0.717) is 0 Å². The molecule has 1 amide bonds. The van der Waals surface area contributed by atoms with Crippen LogP contribution in [0.25, 0.3) is 0 Å². The van der Waals surface area contributed by atoms with Crippen molar-refractivity contribution in [1.29, 1.82) is 5.26 Å². The normalized spacial score (nSPS) is 8.92. The van der Waals surface area contributed by atoms with Crippen molar-refractivity contribution in [2.75, 3.05) is 0 Å².